The lowest BCUT2D eigenvalue weighted by molar-refractivity contribution is 0.0950. The topological polar surface area (TPSA) is 60.5 Å². The van der Waals surface area contributed by atoms with Crippen LogP contribution in [-0.4, -0.2) is 24.5 Å². The highest BCUT2D eigenvalue weighted by molar-refractivity contribution is 9.10. The van der Waals surface area contributed by atoms with Gasteiger partial charge in [-0.25, -0.2) is 0 Å². The van der Waals surface area contributed by atoms with Crippen LogP contribution in [0.4, 0.5) is 0 Å². The predicted octanol–water partition coefficient (Wildman–Crippen LogP) is 3.39. The summed E-state index contributed by atoms with van der Waals surface area (Å²) in [6.45, 7) is 2.41. The molecule has 0 spiro atoms. The summed E-state index contributed by atoms with van der Waals surface area (Å²) in [6, 6.07) is 8.68. The Labute approximate surface area is 131 Å². The Balaban J connectivity index is 2.20. The Morgan fingerprint density at radius 3 is 2.76 bits per heavy atom. The van der Waals surface area contributed by atoms with Gasteiger partial charge in [-0.2, -0.15) is 0 Å². The molecule has 21 heavy (non-hydrogen) atoms. The summed E-state index contributed by atoms with van der Waals surface area (Å²) in [5.74, 6) is 1.67. The molecular formula is C15H15BrN2O3. The molecule has 1 N–H and O–H groups in total. The first kappa shape index (κ1) is 15.3. The van der Waals surface area contributed by atoms with E-state index in [-0.39, 0.29) is 5.91 Å². The van der Waals surface area contributed by atoms with Gasteiger partial charge in [-0.3, -0.25) is 9.78 Å². The van der Waals surface area contributed by atoms with Crippen LogP contribution in [0.5, 0.6) is 17.2 Å². The van der Waals surface area contributed by atoms with E-state index in [0.29, 0.717) is 23.7 Å². The molecule has 0 saturated carbocycles. The molecule has 1 amide bonds. The second kappa shape index (κ2) is 7.08. The first-order valence-corrected chi connectivity index (χ1v) is 7.19. The minimum atomic E-state index is -0.225. The zero-order valence-electron chi connectivity index (χ0n) is 11.7. The quantitative estimate of drug-likeness (QED) is 0.897. The zero-order valence-corrected chi connectivity index (χ0v) is 13.3. The molecule has 1 aromatic carbocycles. The number of nitrogens with one attached hydrogen (secondary N) is 1. The minimum absolute atomic E-state index is 0.225. The van der Waals surface area contributed by atoms with Crippen molar-refractivity contribution in [3.8, 4) is 17.2 Å². The minimum Gasteiger partial charge on any atom is -0.497 e. The van der Waals surface area contributed by atoms with Crippen molar-refractivity contribution < 1.29 is 14.3 Å². The lowest BCUT2D eigenvalue weighted by Crippen LogP contribution is -2.23. The molecule has 0 radical (unpaired) electrons. The van der Waals surface area contributed by atoms with E-state index in [9.17, 15) is 4.79 Å². The van der Waals surface area contributed by atoms with Gasteiger partial charge in [0.25, 0.3) is 5.91 Å². The molecular weight excluding hydrogens is 336 g/mol. The van der Waals surface area contributed by atoms with Gasteiger partial charge in [-0.15, -0.1) is 0 Å². The number of carbonyl (C=O) groups excluding carboxylic acids is 1. The highest BCUT2D eigenvalue weighted by atomic mass is 79.9. The Morgan fingerprint density at radius 1 is 1.29 bits per heavy atom. The molecule has 0 fully saturated rings. The Hall–Kier alpha value is -2.08. The molecule has 0 aliphatic heterocycles. The lowest BCUT2D eigenvalue weighted by atomic mass is 10.3. The maximum Gasteiger partial charge on any atom is 0.270 e. The molecule has 2 aromatic rings. The van der Waals surface area contributed by atoms with Gasteiger partial charge in [0, 0.05) is 18.8 Å². The Kier molecular flexibility index (Phi) is 5.16. The summed E-state index contributed by atoms with van der Waals surface area (Å²) in [6.07, 6.45) is 1.54. The molecule has 1 aromatic heterocycles. The highest BCUT2D eigenvalue weighted by Gasteiger charge is 2.09. The van der Waals surface area contributed by atoms with Crippen LogP contribution in [-0.2, 0) is 0 Å². The van der Waals surface area contributed by atoms with Crippen LogP contribution in [0.1, 0.15) is 17.4 Å². The normalized spacial score (nSPS) is 10.0. The van der Waals surface area contributed by atoms with Gasteiger partial charge in [0.05, 0.1) is 11.6 Å². The van der Waals surface area contributed by atoms with E-state index in [2.05, 4.69) is 26.2 Å². The molecule has 0 bridgehead atoms. The maximum atomic E-state index is 11.7. The van der Waals surface area contributed by atoms with Crippen molar-refractivity contribution in [1.29, 1.82) is 0 Å². The summed E-state index contributed by atoms with van der Waals surface area (Å²) >= 11 is 3.42. The van der Waals surface area contributed by atoms with Crippen molar-refractivity contribution in [3.05, 3.63) is 46.7 Å². The van der Waals surface area contributed by atoms with Crippen LogP contribution in [0, 0.1) is 0 Å². The highest BCUT2D eigenvalue weighted by Crippen LogP contribution is 2.32. The second-order valence-corrected chi connectivity index (χ2v) is 4.99. The van der Waals surface area contributed by atoms with E-state index < -0.39 is 0 Å². The van der Waals surface area contributed by atoms with Gasteiger partial charge < -0.3 is 14.8 Å². The number of hydrogen-bond acceptors (Lipinski definition) is 4. The Bertz CT molecular complexity index is 647. The molecule has 110 valence electrons. The predicted molar refractivity (Wildman–Crippen MR) is 83.0 cm³/mol. The standard InChI is InChI=1S/C15H15BrN2O3/c1-3-17-15(19)13-9-11(6-7-18-13)21-14-5-4-10(20-2)8-12(14)16/h4-9H,3H2,1-2H3,(H,17,19). The van der Waals surface area contributed by atoms with Crippen molar-refractivity contribution in [2.24, 2.45) is 0 Å². The molecule has 0 aliphatic rings. The van der Waals surface area contributed by atoms with E-state index in [4.69, 9.17) is 9.47 Å². The van der Waals surface area contributed by atoms with Gasteiger partial charge in [-0.05, 0) is 47.1 Å². The third-order valence-electron chi connectivity index (χ3n) is 2.67. The van der Waals surface area contributed by atoms with E-state index in [1.165, 1.54) is 6.20 Å². The molecule has 0 aliphatic carbocycles. The van der Waals surface area contributed by atoms with Crippen molar-refractivity contribution in [2.75, 3.05) is 13.7 Å². The van der Waals surface area contributed by atoms with Gasteiger partial charge in [0.15, 0.2) is 0 Å². The third kappa shape index (κ3) is 3.95. The van der Waals surface area contributed by atoms with E-state index >= 15 is 0 Å². The number of pyridine rings is 1. The van der Waals surface area contributed by atoms with Gasteiger partial charge in [0.2, 0.25) is 0 Å². The molecule has 5 nitrogen and oxygen atoms in total. The van der Waals surface area contributed by atoms with E-state index in [1.807, 2.05) is 6.92 Å². The fourth-order valence-corrected chi connectivity index (χ4v) is 2.11. The smallest absolute Gasteiger partial charge is 0.270 e. The lowest BCUT2D eigenvalue weighted by Gasteiger charge is -2.10. The van der Waals surface area contributed by atoms with Crippen molar-refractivity contribution in [1.82, 2.24) is 10.3 Å². The summed E-state index contributed by atoms with van der Waals surface area (Å²) in [7, 11) is 1.60. The van der Waals surface area contributed by atoms with E-state index in [1.54, 1.807) is 37.4 Å². The van der Waals surface area contributed by atoms with Crippen molar-refractivity contribution in [2.45, 2.75) is 6.92 Å². The number of carbonyl (C=O) groups is 1. The van der Waals surface area contributed by atoms with Crippen LogP contribution in [0.2, 0.25) is 0 Å². The first-order chi connectivity index (χ1) is 10.1. The average molecular weight is 351 g/mol. The average Bonchev–Trinajstić information content (AvgIpc) is 2.50. The van der Waals surface area contributed by atoms with Crippen LogP contribution >= 0.6 is 15.9 Å². The molecule has 1 heterocycles. The Morgan fingerprint density at radius 2 is 2.10 bits per heavy atom. The van der Waals surface area contributed by atoms with Crippen LogP contribution in [0.3, 0.4) is 0 Å². The number of methoxy groups -OCH3 is 1. The number of benzene rings is 1. The third-order valence-corrected chi connectivity index (χ3v) is 3.29. The fourth-order valence-electron chi connectivity index (χ4n) is 1.67. The number of rotatable bonds is 5. The number of halogens is 1. The summed E-state index contributed by atoms with van der Waals surface area (Å²) in [5.41, 5.74) is 0.319. The first-order valence-electron chi connectivity index (χ1n) is 6.39. The van der Waals surface area contributed by atoms with E-state index in [0.717, 1.165) is 10.2 Å². The number of aromatic nitrogens is 1. The summed E-state index contributed by atoms with van der Waals surface area (Å²) in [5, 5.41) is 2.70. The fraction of sp³-hybridized carbons (Fsp3) is 0.200. The number of amides is 1. The SMILES string of the molecule is CCNC(=O)c1cc(Oc2ccc(OC)cc2Br)ccn1. The molecule has 0 saturated heterocycles. The number of nitrogens with zero attached hydrogens (tertiary/aromatic N) is 1. The number of hydrogen-bond donors (Lipinski definition) is 1. The molecule has 0 unspecified atom stereocenters. The second-order valence-electron chi connectivity index (χ2n) is 4.13. The zero-order chi connectivity index (χ0) is 15.2. The summed E-state index contributed by atoms with van der Waals surface area (Å²) < 4.78 is 11.6. The maximum absolute atomic E-state index is 11.7. The van der Waals surface area contributed by atoms with Crippen LogP contribution in [0.25, 0.3) is 0 Å². The van der Waals surface area contributed by atoms with Gasteiger partial charge in [0.1, 0.15) is 22.9 Å². The molecule has 2 rings (SSSR count). The van der Waals surface area contributed by atoms with Gasteiger partial charge in [-0.1, -0.05) is 0 Å². The monoisotopic (exact) mass is 350 g/mol. The molecule has 0 atom stereocenters. The van der Waals surface area contributed by atoms with Crippen LogP contribution < -0.4 is 14.8 Å². The summed E-state index contributed by atoms with van der Waals surface area (Å²) in [4.78, 5) is 15.8. The molecule has 6 heteroatoms. The van der Waals surface area contributed by atoms with Crippen molar-refractivity contribution in [3.63, 3.8) is 0 Å². The van der Waals surface area contributed by atoms with Crippen LogP contribution in [0.15, 0.2) is 41.0 Å². The number of ether oxygens (including phenoxy) is 2. The van der Waals surface area contributed by atoms with Crippen molar-refractivity contribution >= 4 is 21.8 Å². The largest absolute Gasteiger partial charge is 0.497 e. The van der Waals surface area contributed by atoms with Gasteiger partial charge >= 0.3 is 0 Å².